The van der Waals surface area contributed by atoms with Gasteiger partial charge in [-0.3, -0.25) is 9.59 Å². The van der Waals surface area contributed by atoms with Crippen molar-refractivity contribution in [2.45, 2.75) is 25.0 Å². The van der Waals surface area contributed by atoms with Gasteiger partial charge in [-0.2, -0.15) is 5.26 Å². The quantitative estimate of drug-likeness (QED) is 0.831. The third-order valence-electron chi connectivity index (χ3n) is 3.61. The molecule has 1 N–H and O–H groups in total. The van der Waals surface area contributed by atoms with Gasteiger partial charge in [0.1, 0.15) is 18.2 Å². The number of nitrogens with zero attached hydrogens (tertiary/aromatic N) is 3. The first-order valence-corrected chi connectivity index (χ1v) is 6.76. The summed E-state index contributed by atoms with van der Waals surface area (Å²) in [5.74, 6) is 0.331. The van der Waals surface area contributed by atoms with Crippen molar-refractivity contribution in [2.75, 3.05) is 13.1 Å². The number of hydrogen-bond donors (Lipinski definition) is 1. The van der Waals surface area contributed by atoms with Crippen LogP contribution in [-0.4, -0.2) is 46.9 Å². The number of rotatable bonds is 3. The van der Waals surface area contributed by atoms with Gasteiger partial charge in [0.25, 0.3) is 0 Å². The predicted octanol–water partition coefficient (Wildman–Crippen LogP) is -0.179. The Hall–Kier alpha value is -2.62. The number of pyridine rings is 1. The van der Waals surface area contributed by atoms with E-state index in [1.165, 1.54) is 6.20 Å². The summed E-state index contributed by atoms with van der Waals surface area (Å²) in [5, 5.41) is 11.3. The number of carbonyl (C=O) groups excluding carboxylic acids is 2. The molecule has 2 aliphatic heterocycles. The Morgan fingerprint density at radius 2 is 2.29 bits per heavy atom. The normalized spacial score (nSPS) is 21.4. The van der Waals surface area contributed by atoms with Crippen LogP contribution in [0.1, 0.15) is 18.4 Å². The lowest BCUT2D eigenvalue weighted by molar-refractivity contribution is -0.142. The lowest BCUT2D eigenvalue weighted by atomic mass is 10.1. The van der Waals surface area contributed by atoms with E-state index in [-0.39, 0.29) is 24.0 Å². The first-order valence-electron chi connectivity index (χ1n) is 6.76. The molecule has 0 aliphatic carbocycles. The van der Waals surface area contributed by atoms with E-state index in [1.807, 2.05) is 6.07 Å². The van der Waals surface area contributed by atoms with Crippen molar-refractivity contribution >= 4 is 11.8 Å². The summed E-state index contributed by atoms with van der Waals surface area (Å²) in [6.07, 6.45) is 2.34. The molecule has 0 saturated carbocycles. The van der Waals surface area contributed by atoms with Crippen LogP contribution in [0.15, 0.2) is 18.3 Å². The topological polar surface area (TPSA) is 95.3 Å². The molecule has 0 radical (unpaired) electrons. The fourth-order valence-electron chi connectivity index (χ4n) is 2.40. The summed E-state index contributed by atoms with van der Waals surface area (Å²) < 4.78 is 5.61. The number of nitrogens with one attached hydrogen (secondary N) is 1. The summed E-state index contributed by atoms with van der Waals surface area (Å²) in [6, 6.07) is 4.88. The molecule has 1 aromatic heterocycles. The molecule has 2 fully saturated rings. The van der Waals surface area contributed by atoms with Crippen molar-refractivity contribution in [3.05, 3.63) is 23.9 Å². The molecule has 2 saturated heterocycles. The Kier molecular flexibility index (Phi) is 3.44. The molecule has 0 bridgehead atoms. The minimum absolute atomic E-state index is 0.0477. The molecule has 7 nitrogen and oxygen atoms in total. The zero-order chi connectivity index (χ0) is 14.8. The number of hydrogen-bond acceptors (Lipinski definition) is 5. The van der Waals surface area contributed by atoms with Crippen molar-refractivity contribution in [3.8, 4) is 11.9 Å². The first-order chi connectivity index (χ1) is 10.2. The Balaban J connectivity index is 1.48. The van der Waals surface area contributed by atoms with Crippen LogP contribution < -0.4 is 10.1 Å². The number of nitriles is 1. The van der Waals surface area contributed by atoms with Gasteiger partial charge in [-0.05, 0) is 12.5 Å². The molecule has 1 aromatic rings. The number of likely N-dealkylation sites (tertiary alicyclic amines) is 1. The van der Waals surface area contributed by atoms with Crippen LogP contribution in [0.2, 0.25) is 0 Å². The number of aromatic nitrogens is 1. The fourth-order valence-corrected chi connectivity index (χ4v) is 2.40. The molecular weight excluding hydrogens is 272 g/mol. The van der Waals surface area contributed by atoms with Crippen molar-refractivity contribution < 1.29 is 14.3 Å². The number of carbonyl (C=O) groups is 2. The molecule has 1 atom stereocenters. The van der Waals surface area contributed by atoms with E-state index in [2.05, 4.69) is 10.3 Å². The van der Waals surface area contributed by atoms with Crippen LogP contribution in [0.4, 0.5) is 0 Å². The average molecular weight is 286 g/mol. The maximum absolute atomic E-state index is 12.1. The standard InChI is InChI=1S/C14H14N4O3/c15-5-9-1-4-13(16-6-9)21-10-7-18(8-10)14(20)11-2-3-12(19)17-11/h1,4,6,10-11H,2-3,7-8H2,(H,17,19). The van der Waals surface area contributed by atoms with E-state index >= 15 is 0 Å². The van der Waals surface area contributed by atoms with Crippen LogP contribution in [-0.2, 0) is 9.59 Å². The van der Waals surface area contributed by atoms with Crippen LogP contribution >= 0.6 is 0 Å². The molecule has 0 aromatic carbocycles. The highest BCUT2D eigenvalue weighted by Gasteiger charge is 2.38. The SMILES string of the molecule is N#Cc1ccc(OC2CN(C(=O)C3CCC(=O)N3)C2)nc1. The Morgan fingerprint density at radius 1 is 1.48 bits per heavy atom. The summed E-state index contributed by atoms with van der Waals surface area (Å²) in [7, 11) is 0. The molecule has 2 amide bonds. The zero-order valence-corrected chi connectivity index (χ0v) is 11.3. The summed E-state index contributed by atoms with van der Waals surface area (Å²) in [6.45, 7) is 0.986. The van der Waals surface area contributed by atoms with Gasteiger partial charge in [0.2, 0.25) is 17.7 Å². The van der Waals surface area contributed by atoms with Gasteiger partial charge in [0.05, 0.1) is 18.7 Å². The fraction of sp³-hybridized carbons (Fsp3) is 0.429. The van der Waals surface area contributed by atoms with Gasteiger partial charge in [-0.1, -0.05) is 0 Å². The van der Waals surface area contributed by atoms with Crippen LogP contribution in [0.5, 0.6) is 5.88 Å². The summed E-state index contributed by atoms with van der Waals surface area (Å²) >= 11 is 0. The maximum atomic E-state index is 12.1. The van der Waals surface area contributed by atoms with Crippen LogP contribution in [0.25, 0.3) is 0 Å². The van der Waals surface area contributed by atoms with Crippen molar-refractivity contribution in [2.24, 2.45) is 0 Å². The minimum Gasteiger partial charge on any atom is -0.471 e. The second-order valence-corrected chi connectivity index (χ2v) is 5.14. The second kappa shape index (κ2) is 5.40. The lowest BCUT2D eigenvalue weighted by Gasteiger charge is -2.39. The molecular formula is C14H14N4O3. The smallest absolute Gasteiger partial charge is 0.245 e. The van der Waals surface area contributed by atoms with Crippen molar-refractivity contribution in [1.29, 1.82) is 5.26 Å². The van der Waals surface area contributed by atoms with Gasteiger partial charge in [0.15, 0.2) is 0 Å². The highest BCUT2D eigenvalue weighted by molar-refractivity contribution is 5.91. The monoisotopic (exact) mass is 286 g/mol. The van der Waals surface area contributed by atoms with Gasteiger partial charge in [-0.25, -0.2) is 4.98 Å². The molecule has 2 aliphatic rings. The van der Waals surface area contributed by atoms with Gasteiger partial charge >= 0.3 is 0 Å². The van der Waals surface area contributed by atoms with E-state index in [0.717, 1.165) is 0 Å². The molecule has 0 spiro atoms. The molecule has 7 heteroatoms. The van der Waals surface area contributed by atoms with Crippen molar-refractivity contribution in [3.63, 3.8) is 0 Å². The third-order valence-corrected chi connectivity index (χ3v) is 3.61. The lowest BCUT2D eigenvalue weighted by Crippen LogP contribution is -2.59. The van der Waals surface area contributed by atoms with Gasteiger partial charge in [0, 0.05) is 18.7 Å². The molecule has 3 heterocycles. The van der Waals surface area contributed by atoms with E-state index in [4.69, 9.17) is 10.00 Å². The van der Waals surface area contributed by atoms with Crippen LogP contribution in [0.3, 0.4) is 0 Å². The maximum Gasteiger partial charge on any atom is 0.245 e. The van der Waals surface area contributed by atoms with Gasteiger partial charge in [-0.15, -0.1) is 0 Å². The Bertz CT molecular complexity index is 602. The highest BCUT2D eigenvalue weighted by Crippen LogP contribution is 2.19. The Labute approximate surface area is 121 Å². The second-order valence-electron chi connectivity index (χ2n) is 5.14. The average Bonchev–Trinajstić information content (AvgIpc) is 2.89. The van der Waals surface area contributed by atoms with Gasteiger partial charge < -0.3 is 15.0 Å². The van der Waals surface area contributed by atoms with E-state index < -0.39 is 0 Å². The molecule has 21 heavy (non-hydrogen) atoms. The largest absolute Gasteiger partial charge is 0.471 e. The van der Waals surface area contributed by atoms with Crippen molar-refractivity contribution in [1.82, 2.24) is 15.2 Å². The first kappa shape index (κ1) is 13.4. The molecule has 108 valence electrons. The predicted molar refractivity (Wildman–Crippen MR) is 71.1 cm³/mol. The zero-order valence-electron chi connectivity index (χ0n) is 11.3. The van der Waals surface area contributed by atoms with E-state index in [9.17, 15) is 9.59 Å². The molecule has 1 unspecified atom stereocenters. The molecule has 3 rings (SSSR count). The summed E-state index contributed by atoms with van der Waals surface area (Å²) in [4.78, 5) is 28.9. The highest BCUT2D eigenvalue weighted by atomic mass is 16.5. The third kappa shape index (κ3) is 2.79. The minimum atomic E-state index is -0.383. The van der Waals surface area contributed by atoms with Crippen LogP contribution in [0, 0.1) is 11.3 Å². The number of amides is 2. The van der Waals surface area contributed by atoms with E-state index in [1.54, 1.807) is 17.0 Å². The Morgan fingerprint density at radius 3 is 2.86 bits per heavy atom. The van der Waals surface area contributed by atoms with E-state index in [0.29, 0.717) is 37.4 Å². The number of ether oxygens (including phenoxy) is 1. The summed E-state index contributed by atoms with van der Waals surface area (Å²) in [5.41, 5.74) is 0.477.